The molecule has 0 aliphatic heterocycles. The molecule has 100 valence electrons. The van der Waals surface area contributed by atoms with Gasteiger partial charge in [0.05, 0.1) is 10.6 Å². The van der Waals surface area contributed by atoms with E-state index in [1.807, 2.05) is 6.07 Å². The van der Waals surface area contributed by atoms with Gasteiger partial charge in [0.1, 0.15) is 0 Å². The van der Waals surface area contributed by atoms with Gasteiger partial charge in [0, 0.05) is 17.3 Å². The lowest BCUT2D eigenvalue weighted by Gasteiger charge is -1.99. The summed E-state index contributed by atoms with van der Waals surface area (Å²) in [5.41, 5.74) is 0.654. The number of halogens is 2. The largest absolute Gasteiger partial charge is 0.481 e. The van der Waals surface area contributed by atoms with E-state index >= 15 is 0 Å². The first-order valence-corrected chi connectivity index (χ1v) is 6.73. The fourth-order valence-corrected chi connectivity index (χ4v) is 2.27. The third-order valence-electron chi connectivity index (χ3n) is 2.41. The minimum Gasteiger partial charge on any atom is -0.481 e. The van der Waals surface area contributed by atoms with Crippen molar-refractivity contribution < 1.29 is 14.3 Å². The normalized spacial score (nSPS) is 10.6. The van der Waals surface area contributed by atoms with E-state index in [4.69, 9.17) is 21.1 Å². The Bertz CT molecular complexity index is 600. The van der Waals surface area contributed by atoms with Crippen LogP contribution in [0.4, 0.5) is 0 Å². The maximum atomic E-state index is 10.4. The number of hydrogen-bond acceptors (Lipinski definition) is 4. The maximum absolute atomic E-state index is 10.4. The summed E-state index contributed by atoms with van der Waals surface area (Å²) in [4.78, 5) is 10.4. The highest BCUT2D eigenvalue weighted by Crippen LogP contribution is 2.29. The molecule has 1 aromatic carbocycles. The van der Waals surface area contributed by atoms with Gasteiger partial charge in [-0.3, -0.25) is 4.79 Å². The number of aryl methyl sites for hydroxylation is 1. The topological polar surface area (TPSA) is 76.2 Å². The van der Waals surface area contributed by atoms with Crippen LogP contribution in [0.5, 0.6) is 0 Å². The molecule has 0 unspecified atom stereocenters. The predicted molar refractivity (Wildman–Crippen MR) is 73.0 cm³/mol. The Morgan fingerprint density at radius 1 is 1.42 bits per heavy atom. The van der Waals surface area contributed by atoms with Crippen molar-refractivity contribution in [3.8, 4) is 11.5 Å². The summed E-state index contributed by atoms with van der Waals surface area (Å²) in [6.07, 6.45) is 0.981. The van der Waals surface area contributed by atoms with Crippen molar-refractivity contribution >= 4 is 33.5 Å². The molecule has 2 aromatic rings. The molecule has 0 fully saturated rings. The van der Waals surface area contributed by atoms with Crippen LogP contribution >= 0.6 is 27.5 Å². The van der Waals surface area contributed by atoms with E-state index in [9.17, 15) is 4.79 Å². The lowest BCUT2D eigenvalue weighted by molar-refractivity contribution is -0.137. The molecule has 5 nitrogen and oxygen atoms in total. The maximum Gasteiger partial charge on any atom is 0.303 e. The molecule has 1 N–H and O–H groups in total. The number of rotatable bonds is 5. The fraction of sp³-hybridized carbons (Fsp3) is 0.250. The van der Waals surface area contributed by atoms with Crippen molar-refractivity contribution in [2.75, 3.05) is 0 Å². The molecule has 0 saturated heterocycles. The molecule has 1 aromatic heterocycles. The minimum absolute atomic E-state index is 0.0801. The second-order valence-electron chi connectivity index (χ2n) is 3.87. The summed E-state index contributed by atoms with van der Waals surface area (Å²) >= 11 is 9.40. The molecule has 0 atom stereocenters. The van der Waals surface area contributed by atoms with Gasteiger partial charge in [-0.1, -0.05) is 27.5 Å². The summed E-state index contributed by atoms with van der Waals surface area (Å²) in [6, 6.07) is 5.35. The van der Waals surface area contributed by atoms with Crippen molar-refractivity contribution in [2.24, 2.45) is 0 Å². The molecule has 0 aliphatic rings. The van der Waals surface area contributed by atoms with Gasteiger partial charge in [0.15, 0.2) is 0 Å². The molecule has 0 spiro atoms. The molecule has 0 saturated carbocycles. The molecular formula is C12H10BrClN2O3. The molecule has 2 rings (SSSR count). The summed E-state index contributed by atoms with van der Waals surface area (Å²) in [7, 11) is 0. The monoisotopic (exact) mass is 344 g/mol. The van der Waals surface area contributed by atoms with Crippen LogP contribution < -0.4 is 0 Å². The first kappa shape index (κ1) is 14.0. The quantitative estimate of drug-likeness (QED) is 0.896. The zero-order chi connectivity index (χ0) is 13.8. The van der Waals surface area contributed by atoms with Crippen molar-refractivity contribution in [2.45, 2.75) is 19.3 Å². The van der Waals surface area contributed by atoms with Gasteiger partial charge >= 0.3 is 5.97 Å². The third-order valence-corrected chi connectivity index (χ3v) is 3.22. The first-order valence-electron chi connectivity index (χ1n) is 5.56. The standard InChI is InChI=1S/C12H10BrClN2O3/c13-7-4-5-8(9(14)6-7)12-16-15-10(19-12)2-1-3-11(17)18/h4-6H,1-3H2,(H,17,18). The highest BCUT2D eigenvalue weighted by atomic mass is 79.9. The SMILES string of the molecule is O=C(O)CCCc1nnc(-c2ccc(Br)cc2Cl)o1. The minimum atomic E-state index is -0.837. The van der Waals surface area contributed by atoms with E-state index in [2.05, 4.69) is 26.1 Å². The molecule has 7 heteroatoms. The van der Waals surface area contributed by atoms with Crippen molar-refractivity contribution in [3.63, 3.8) is 0 Å². The van der Waals surface area contributed by atoms with Gasteiger partial charge in [-0.25, -0.2) is 0 Å². The van der Waals surface area contributed by atoms with E-state index in [0.29, 0.717) is 35.2 Å². The van der Waals surface area contributed by atoms with Gasteiger partial charge < -0.3 is 9.52 Å². The Labute approximate surface area is 122 Å². The Balaban J connectivity index is 2.10. The second-order valence-corrected chi connectivity index (χ2v) is 5.20. The second kappa shape index (κ2) is 6.16. The van der Waals surface area contributed by atoms with Crippen LogP contribution in [-0.4, -0.2) is 21.3 Å². The van der Waals surface area contributed by atoms with Gasteiger partial charge in [0.2, 0.25) is 11.8 Å². The summed E-state index contributed by atoms with van der Waals surface area (Å²) in [5.74, 6) is -0.0891. The molecule has 0 radical (unpaired) electrons. The van der Waals surface area contributed by atoms with Crippen LogP contribution in [0.3, 0.4) is 0 Å². The molecule has 0 aliphatic carbocycles. The van der Waals surface area contributed by atoms with E-state index in [1.54, 1.807) is 12.1 Å². The fourth-order valence-electron chi connectivity index (χ4n) is 1.52. The Morgan fingerprint density at radius 3 is 2.89 bits per heavy atom. The van der Waals surface area contributed by atoms with E-state index in [1.165, 1.54) is 0 Å². The number of carboxylic acid groups (broad SMARTS) is 1. The predicted octanol–water partition coefficient (Wildman–Crippen LogP) is 3.56. The molecule has 0 bridgehead atoms. The number of nitrogens with zero attached hydrogens (tertiary/aromatic N) is 2. The number of hydrogen-bond donors (Lipinski definition) is 1. The van der Waals surface area contributed by atoms with Crippen LogP contribution in [0.15, 0.2) is 27.1 Å². The van der Waals surface area contributed by atoms with Crippen molar-refractivity contribution in [3.05, 3.63) is 33.6 Å². The molecule has 19 heavy (non-hydrogen) atoms. The highest BCUT2D eigenvalue weighted by Gasteiger charge is 2.12. The molecule has 0 amide bonds. The van der Waals surface area contributed by atoms with Crippen LogP contribution in [0.1, 0.15) is 18.7 Å². The van der Waals surface area contributed by atoms with Crippen LogP contribution in [0.2, 0.25) is 5.02 Å². The van der Waals surface area contributed by atoms with E-state index in [0.717, 1.165) is 4.47 Å². The lowest BCUT2D eigenvalue weighted by atomic mass is 10.2. The Morgan fingerprint density at radius 2 is 2.21 bits per heavy atom. The van der Waals surface area contributed by atoms with E-state index in [-0.39, 0.29) is 6.42 Å². The van der Waals surface area contributed by atoms with Crippen LogP contribution in [0.25, 0.3) is 11.5 Å². The lowest BCUT2D eigenvalue weighted by Crippen LogP contribution is -1.95. The smallest absolute Gasteiger partial charge is 0.303 e. The molecule has 1 heterocycles. The zero-order valence-electron chi connectivity index (χ0n) is 9.77. The van der Waals surface area contributed by atoms with Gasteiger partial charge in [-0.15, -0.1) is 10.2 Å². The third kappa shape index (κ3) is 3.78. The number of aromatic nitrogens is 2. The first-order chi connectivity index (χ1) is 9.06. The van der Waals surface area contributed by atoms with Crippen LogP contribution in [0, 0.1) is 0 Å². The average molecular weight is 346 g/mol. The Kier molecular flexibility index (Phi) is 4.55. The highest BCUT2D eigenvalue weighted by molar-refractivity contribution is 9.10. The Hall–Kier alpha value is -1.40. The summed E-state index contributed by atoms with van der Waals surface area (Å²) in [6.45, 7) is 0. The van der Waals surface area contributed by atoms with Crippen molar-refractivity contribution in [1.29, 1.82) is 0 Å². The summed E-state index contributed by atoms with van der Waals surface area (Å²) < 4.78 is 6.32. The van der Waals surface area contributed by atoms with E-state index < -0.39 is 5.97 Å². The van der Waals surface area contributed by atoms with Gasteiger partial charge in [-0.05, 0) is 24.6 Å². The number of benzene rings is 1. The number of carboxylic acids is 1. The number of aliphatic carboxylic acids is 1. The van der Waals surface area contributed by atoms with Gasteiger partial charge in [0.25, 0.3) is 0 Å². The van der Waals surface area contributed by atoms with Crippen LogP contribution in [-0.2, 0) is 11.2 Å². The van der Waals surface area contributed by atoms with Crippen molar-refractivity contribution in [1.82, 2.24) is 10.2 Å². The van der Waals surface area contributed by atoms with Gasteiger partial charge in [-0.2, -0.15) is 0 Å². The number of carbonyl (C=O) groups is 1. The zero-order valence-corrected chi connectivity index (χ0v) is 12.1. The molecular weight excluding hydrogens is 336 g/mol. The summed E-state index contributed by atoms with van der Waals surface area (Å²) in [5, 5.41) is 16.8. The average Bonchev–Trinajstić information content (AvgIpc) is 2.77.